The number of halogens is 1. The molecule has 1 aromatic carbocycles. The topological polar surface area (TPSA) is 54.2 Å². The van der Waals surface area contributed by atoms with Crippen molar-refractivity contribution in [3.05, 3.63) is 70.2 Å². The number of aliphatic imine (C=N–C) groups is 1. The summed E-state index contributed by atoms with van der Waals surface area (Å²) in [6.45, 7) is 5.31. The molecule has 142 valence electrons. The molecular formula is C20H24FN5S. The van der Waals surface area contributed by atoms with Crippen molar-refractivity contribution in [2.24, 2.45) is 4.99 Å². The number of aromatic nitrogens is 2. The van der Waals surface area contributed by atoms with E-state index >= 15 is 0 Å². The Morgan fingerprint density at radius 2 is 2.19 bits per heavy atom. The first-order valence-electron chi connectivity index (χ1n) is 8.85. The first kappa shape index (κ1) is 19.1. The first-order chi connectivity index (χ1) is 13.1. The molecule has 0 radical (unpaired) electrons. The molecule has 1 unspecified atom stereocenters. The summed E-state index contributed by atoms with van der Waals surface area (Å²) in [5, 5.41) is 8.64. The maximum absolute atomic E-state index is 14.5. The Hall–Kier alpha value is -2.67. The molecule has 0 spiro atoms. The molecule has 0 aliphatic heterocycles. The van der Waals surface area contributed by atoms with Crippen LogP contribution >= 0.6 is 11.3 Å². The summed E-state index contributed by atoms with van der Waals surface area (Å²) in [7, 11) is 1.73. The highest BCUT2D eigenvalue weighted by atomic mass is 32.1. The number of rotatable bonds is 6. The molecular weight excluding hydrogens is 361 g/mol. The van der Waals surface area contributed by atoms with Crippen LogP contribution in [0.2, 0.25) is 0 Å². The molecule has 0 fully saturated rings. The predicted octanol–water partition coefficient (Wildman–Crippen LogP) is 3.85. The number of nitrogens with zero attached hydrogens (tertiary/aromatic N) is 3. The van der Waals surface area contributed by atoms with E-state index in [2.05, 4.69) is 45.0 Å². The molecule has 2 N–H and O–H groups in total. The van der Waals surface area contributed by atoms with Gasteiger partial charge in [0.15, 0.2) is 5.96 Å². The molecule has 0 saturated heterocycles. The summed E-state index contributed by atoms with van der Waals surface area (Å²) in [6.07, 6.45) is 3.42. The van der Waals surface area contributed by atoms with Gasteiger partial charge in [0.2, 0.25) is 0 Å². The predicted molar refractivity (Wildman–Crippen MR) is 109 cm³/mol. The minimum absolute atomic E-state index is 0.273. The molecule has 0 saturated carbocycles. The lowest BCUT2D eigenvalue weighted by Crippen LogP contribution is -2.38. The van der Waals surface area contributed by atoms with Crippen molar-refractivity contribution in [2.75, 3.05) is 13.6 Å². The number of aryl methyl sites for hydroxylation is 1. The van der Waals surface area contributed by atoms with Crippen LogP contribution in [0.15, 0.2) is 53.1 Å². The fourth-order valence-corrected chi connectivity index (χ4v) is 3.60. The van der Waals surface area contributed by atoms with E-state index in [1.54, 1.807) is 47.5 Å². The zero-order valence-electron chi connectivity index (χ0n) is 15.7. The molecule has 0 bridgehead atoms. The summed E-state index contributed by atoms with van der Waals surface area (Å²) >= 11 is 1.75. The number of hydrogen-bond donors (Lipinski definition) is 2. The maximum atomic E-state index is 14.5. The Bertz CT molecular complexity index is 901. The molecule has 3 rings (SSSR count). The van der Waals surface area contributed by atoms with Crippen molar-refractivity contribution in [3.63, 3.8) is 0 Å². The SMILES string of the molecule is CN=C(NCc1ccc(-n2ccnc2C)c(F)c1)NCC(C)c1cccs1. The number of guanidine groups is 1. The van der Waals surface area contributed by atoms with E-state index in [-0.39, 0.29) is 5.82 Å². The standard InChI is InChI=1S/C20H24FN5S/c1-14(19-5-4-10-27-19)12-24-20(22-3)25-13-16-6-7-18(17(21)11-16)26-9-8-23-15(26)2/h4-11,14H,12-13H2,1-3H3,(H2,22,24,25). The molecule has 27 heavy (non-hydrogen) atoms. The number of benzene rings is 1. The Kier molecular flexibility index (Phi) is 6.24. The van der Waals surface area contributed by atoms with Crippen molar-refractivity contribution < 1.29 is 4.39 Å². The molecule has 5 nitrogen and oxygen atoms in total. The monoisotopic (exact) mass is 385 g/mol. The largest absolute Gasteiger partial charge is 0.356 e. The molecule has 0 aliphatic carbocycles. The van der Waals surface area contributed by atoms with Gasteiger partial charge >= 0.3 is 0 Å². The van der Waals surface area contributed by atoms with Gasteiger partial charge in [-0.2, -0.15) is 0 Å². The molecule has 0 amide bonds. The van der Waals surface area contributed by atoms with Gasteiger partial charge in [-0.1, -0.05) is 19.1 Å². The molecule has 2 aromatic heterocycles. The third-order valence-electron chi connectivity index (χ3n) is 4.39. The number of thiophene rings is 1. The average Bonchev–Trinajstić information content (AvgIpc) is 3.34. The Balaban J connectivity index is 1.57. The number of nitrogens with one attached hydrogen (secondary N) is 2. The van der Waals surface area contributed by atoms with Crippen LogP contribution < -0.4 is 10.6 Å². The van der Waals surface area contributed by atoms with Gasteiger partial charge in [0, 0.05) is 43.3 Å². The van der Waals surface area contributed by atoms with Crippen LogP contribution in [0.3, 0.4) is 0 Å². The van der Waals surface area contributed by atoms with Gasteiger partial charge in [0.25, 0.3) is 0 Å². The number of imidazole rings is 1. The Morgan fingerprint density at radius 3 is 2.81 bits per heavy atom. The van der Waals surface area contributed by atoms with Crippen molar-refractivity contribution in [1.82, 2.24) is 20.2 Å². The zero-order valence-corrected chi connectivity index (χ0v) is 16.6. The molecule has 1 atom stereocenters. The smallest absolute Gasteiger partial charge is 0.191 e. The molecule has 0 aliphatic rings. The molecule has 3 aromatic rings. The summed E-state index contributed by atoms with van der Waals surface area (Å²) in [4.78, 5) is 9.72. The van der Waals surface area contributed by atoms with Gasteiger partial charge in [-0.15, -0.1) is 11.3 Å². The molecule has 7 heteroatoms. The number of hydrogen-bond acceptors (Lipinski definition) is 3. The Labute approximate surface area is 163 Å². The van der Waals surface area contributed by atoms with Crippen LogP contribution in [0, 0.1) is 12.7 Å². The van der Waals surface area contributed by atoms with E-state index in [0.717, 1.165) is 17.9 Å². The third kappa shape index (κ3) is 4.74. The van der Waals surface area contributed by atoms with Gasteiger partial charge in [-0.25, -0.2) is 9.37 Å². The zero-order chi connectivity index (χ0) is 19.2. The summed E-state index contributed by atoms with van der Waals surface area (Å²) < 4.78 is 16.2. The van der Waals surface area contributed by atoms with Crippen molar-refractivity contribution >= 4 is 17.3 Å². The van der Waals surface area contributed by atoms with E-state index in [1.807, 2.05) is 13.0 Å². The lowest BCUT2D eigenvalue weighted by atomic mass is 10.1. The van der Waals surface area contributed by atoms with E-state index in [1.165, 1.54) is 4.88 Å². The highest BCUT2D eigenvalue weighted by Gasteiger charge is 2.10. The highest BCUT2D eigenvalue weighted by Crippen LogP contribution is 2.19. The van der Waals surface area contributed by atoms with Crippen LogP contribution in [0.1, 0.15) is 29.1 Å². The lowest BCUT2D eigenvalue weighted by Gasteiger charge is -2.15. The van der Waals surface area contributed by atoms with Gasteiger partial charge in [-0.05, 0) is 36.1 Å². The minimum Gasteiger partial charge on any atom is -0.356 e. The van der Waals surface area contributed by atoms with Gasteiger partial charge in [0.05, 0.1) is 5.69 Å². The van der Waals surface area contributed by atoms with Crippen molar-refractivity contribution in [1.29, 1.82) is 0 Å². The average molecular weight is 386 g/mol. The first-order valence-corrected chi connectivity index (χ1v) is 9.73. The second kappa shape index (κ2) is 8.81. The van der Waals surface area contributed by atoms with E-state index in [9.17, 15) is 4.39 Å². The molecule has 2 heterocycles. The van der Waals surface area contributed by atoms with Crippen LogP contribution in [0.25, 0.3) is 5.69 Å². The quantitative estimate of drug-likeness (QED) is 0.501. The van der Waals surface area contributed by atoms with E-state index in [4.69, 9.17) is 0 Å². The van der Waals surface area contributed by atoms with E-state index < -0.39 is 0 Å². The minimum atomic E-state index is -0.273. The second-order valence-electron chi connectivity index (χ2n) is 6.35. The lowest BCUT2D eigenvalue weighted by molar-refractivity contribution is 0.613. The fourth-order valence-electron chi connectivity index (χ4n) is 2.82. The van der Waals surface area contributed by atoms with Crippen molar-refractivity contribution in [2.45, 2.75) is 26.3 Å². The summed E-state index contributed by atoms with van der Waals surface area (Å²) in [5.74, 6) is 1.58. The van der Waals surface area contributed by atoms with Gasteiger partial charge < -0.3 is 15.2 Å². The fraction of sp³-hybridized carbons (Fsp3) is 0.300. The summed E-state index contributed by atoms with van der Waals surface area (Å²) in [6, 6.07) is 9.43. The van der Waals surface area contributed by atoms with Crippen LogP contribution in [0.5, 0.6) is 0 Å². The van der Waals surface area contributed by atoms with Crippen LogP contribution in [0.4, 0.5) is 4.39 Å². The van der Waals surface area contributed by atoms with Gasteiger partial charge in [-0.3, -0.25) is 4.99 Å². The van der Waals surface area contributed by atoms with Gasteiger partial charge in [0.1, 0.15) is 11.6 Å². The summed E-state index contributed by atoms with van der Waals surface area (Å²) in [5.41, 5.74) is 1.35. The highest BCUT2D eigenvalue weighted by molar-refractivity contribution is 7.10. The normalized spacial score (nSPS) is 12.8. The second-order valence-corrected chi connectivity index (χ2v) is 7.33. The van der Waals surface area contributed by atoms with Crippen LogP contribution in [-0.2, 0) is 6.54 Å². The van der Waals surface area contributed by atoms with Crippen molar-refractivity contribution in [3.8, 4) is 5.69 Å². The Morgan fingerprint density at radius 1 is 1.33 bits per heavy atom. The van der Waals surface area contributed by atoms with E-state index in [0.29, 0.717) is 24.1 Å². The maximum Gasteiger partial charge on any atom is 0.191 e. The van der Waals surface area contributed by atoms with Crippen LogP contribution in [-0.4, -0.2) is 29.1 Å². The third-order valence-corrected chi connectivity index (χ3v) is 5.49.